The number of aromatic nitrogens is 1. The van der Waals surface area contributed by atoms with Crippen LogP contribution in [-0.2, 0) is 22.6 Å². The van der Waals surface area contributed by atoms with Crippen LogP contribution in [0.2, 0.25) is 0 Å². The number of ether oxygens (including phenoxy) is 1. The Labute approximate surface area is 164 Å². The zero-order chi connectivity index (χ0) is 19.7. The van der Waals surface area contributed by atoms with E-state index in [4.69, 9.17) is 9.15 Å². The fourth-order valence-electron chi connectivity index (χ4n) is 3.00. The third kappa shape index (κ3) is 3.61. The van der Waals surface area contributed by atoms with Crippen LogP contribution in [0.4, 0.5) is 0 Å². The average Bonchev–Trinajstić information content (AvgIpc) is 3.10. The van der Waals surface area contributed by atoms with Crippen molar-refractivity contribution in [1.29, 1.82) is 0 Å². The van der Waals surface area contributed by atoms with Crippen LogP contribution in [0.5, 0.6) is 5.75 Å². The molecule has 28 heavy (non-hydrogen) atoms. The molecule has 0 bridgehead atoms. The number of hydrogen-bond donors (Lipinski definition) is 1. The van der Waals surface area contributed by atoms with Gasteiger partial charge in [-0.1, -0.05) is 12.1 Å². The molecule has 0 fully saturated rings. The molecule has 0 saturated heterocycles. The Morgan fingerprint density at radius 3 is 2.89 bits per heavy atom. The summed E-state index contributed by atoms with van der Waals surface area (Å²) in [5, 5.41) is 11.3. The lowest BCUT2D eigenvalue weighted by Crippen LogP contribution is -2.08. The van der Waals surface area contributed by atoms with Crippen LogP contribution in [0.15, 0.2) is 51.7 Å². The first-order valence-corrected chi connectivity index (χ1v) is 9.58. The molecule has 0 radical (unpaired) electrons. The number of aryl methyl sites for hydroxylation is 2. The summed E-state index contributed by atoms with van der Waals surface area (Å²) in [7, 11) is 0. The first-order chi connectivity index (χ1) is 13.5. The molecule has 7 heteroatoms. The van der Waals surface area contributed by atoms with Crippen molar-refractivity contribution in [3.8, 4) is 5.75 Å². The normalized spacial score (nSPS) is 11.2. The number of nitrogens with zero attached hydrogens (tertiary/aromatic N) is 1. The molecule has 0 saturated carbocycles. The van der Waals surface area contributed by atoms with E-state index in [9.17, 15) is 14.7 Å². The van der Waals surface area contributed by atoms with Gasteiger partial charge in [-0.25, -0.2) is 9.78 Å². The molecule has 4 aromatic rings. The van der Waals surface area contributed by atoms with Crippen molar-refractivity contribution >= 4 is 38.5 Å². The zero-order valence-corrected chi connectivity index (χ0v) is 15.9. The smallest absolute Gasteiger partial charge is 0.336 e. The number of carbonyl (C=O) groups is 1. The quantitative estimate of drug-likeness (QED) is 0.404. The molecule has 0 aliphatic heterocycles. The summed E-state index contributed by atoms with van der Waals surface area (Å²) in [6.07, 6.45) is 0.710. The number of phenolic OH excluding ortho intramolecular Hbond substituents is 1. The van der Waals surface area contributed by atoms with Crippen LogP contribution < -0.4 is 5.63 Å². The van der Waals surface area contributed by atoms with Crippen molar-refractivity contribution in [2.24, 2.45) is 0 Å². The Balaban J connectivity index is 1.44. The highest BCUT2D eigenvalue weighted by Crippen LogP contribution is 2.28. The number of rotatable bonds is 5. The molecule has 1 N–H and O–H groups in total. The van der Waals surface area contributed by atoms with Crippen LogP contribution in [0, 0.1) is 6.92 Å². The summed E-state index contributed by atoms with van der Waals surface area (Å²) >= 11 is 1.56. The maximum Gasteiger partial charge on any atom is 0.336 e. The molecule has 2 aromatic carbocycles. The van der Waals surface area contributed by atoms with Gasteiger partial charge in [0.1, 0.15) is 17.9 Å². The summed E-state index contributed by atoms with van der Waals surface area (Å²) < 4.78 is 11.6. The maximum absolute atomic E-state index is 12.2. The van der Waals surface area contributed by atoms with E-state index in [1.54, 1.807) is 24.3 Å². The van der Waals surface area contributed by atoms with Gasteiger partial charge in [0.15, 0.2) is 0 Å². The summed E-state index contributed by atoms with van der Waals surface area (Å²) in [4.78, 5) is 28.5. The molecule has 0 atom stereocenters. The molecule has 6 nitrogen and oxygen atoms in total. The third-order valence-electron chi connectivity index (χ3n) is 4.49. The largest absolute Gasteiger partial charge is 0.508 e. The minimum Gasteiger partial charge on any atom is -0.508 e. The minimum atomic E-state index is -0.554. The number of hydrogen-bond acceptors (Lipinski definition) is 7. The topological polar surface area (TPSA) is 89.6 Å². The van der Waals surface area contributed by atoms with Gasteiger partial charge in [0.05, 0.1) is 21.6 Å². The second-order valence-corrected chi connectivity index (χ2v) is 7.53. The fraction of sp³-hybridized carbons (Fsp3) is 0.190. The predicted molar refractivity (Wildman–Crippen MR) is 107 cm³/mol. The molecule has 0 spiro atoms. The first kappa shape index (κ1) is 18.2. The van der Waals surface area contributed by atoms with Crippen molar-refractivity contribution < 1.29 is 19.1 Å². The van der Waals surface area contributed by atoms with E-state index in [1.165, 1.54) is 12.1 Å². The Morgan fingerprint density at radius 2 is 2.07 bits per heavy atom. The summed E-state index contributed by atoms with van der Waals surface area (Å²) in [6, 6.07) is 12.3. The van der Waals surface area contributed by atoms with Gasteiger partial charge in [-0.05, 0) is 31.2 Å². The van der Waals surface area contributed by atoms with Crippen LogP contribution in [0.1, 0.15) is 22.6 Å². The van der Waals surface area contributed by atoms with Gasteiger partial charge < -0.3 is 14.3 Å². The van der Waals surface area contributed by atoms with Gasteiger partial charge in [-0.3, -0.25) is 4.79 Å². The van der Waals surface area contributed by atoms with Crippen molar-refractivity contribution in [3.63, 3.8) is 0 Å². The van der Waals surface area contributed by atoms with Gasteiger partial charge in [0.2, 0.25) is 0 Å². The molecule has 2 aromatic heterocycles. The Hall–Kier alpha value is -3.19. The molecule has 0 unspecified atom stereocenters. The number of thiazole rings is 1. The van der Waals surface area contributed by atoms with Gasteiger partial charge in [0.25, 0.3) is 0 Å². The molecule has 0 aliphatic carbocycles. The van der Waals surface area contributed by atoms with E-state index in [0.717, 1.165) is 15.2 Å². The fourth-order valence-corrected chi connectivity index (χ4v) is 3.97. The summed E-state index contributed by atoms with van der Waals surface area (Å²) in [5.74, 6) is -0.322. The van der Waals surface area contributed by atoms with Crippen molar-refractivity contribution in [1.82, 2.24) is 4.98 Å². The van der Waals surface area contributed by atoms with Crippen molar-refractivity contribution in [2.45, 2.75) is 26.4 Å². The van der Waals surface area contributed by atoms with Gasteiger partial charge in [-0.15, -0.1) is 11.3 Å². The van der Waals surface area contributed by atoms with Crippen molar-refractivity contribution in [3.05, 3.63) is 69.0 Å². The maximum atomic E-state index is 12.2. The van der Waals surface area contributed by atoms with E-state index in [0.29, 0.717) is 28.5 Å². The van der Waals surface area contributed by atoms with Crippen LogP contribution >= 0.6 is 11.3 Å². The summed E-state index contributed by atoms with van der Waals surface area (Å²) in [6.45, 7) is 1.62. The van der Waals surface area contributed by atoms with Gasteiger partial charge in [-0.2, -0.15) is 0 Å². The lowest BCUT2D eigenvalue weighted by molar-refractivity contribution is -0.144. The predicted octanol–water partition coefficient (Wildman–Crippen LogP) is 4.09. The Bertz CT molecular complexity index is 1210. The standard InChI is InChI=1S/C21H17NO5S/c1-12-16(23)7-6-14-13(10-20(25)27-21(12)14)11-26-19(24)9-8-18-22-15-4-2-3-5-17(15)28-18/h2-7,10,23H,8-9,11H2,1H3. The zero-order valence-electron chi connectivity index (χ0n) is 15.1. The van der Waals surface area contributed by atoms with Crippen LogP contribution in [0.3, 0.4) is 0 Å². The molecule has 0 amide bonds. The number of carbonyl (C=O) groups excluding carboxylic acids is 1. The van der Waals surface area contributed by atoms with E-state index >= 15 is 0 Å². The minimum absolute atomic E-state index is 0.0367. The molecule has 142 valence electrons. The number of phenols is 1. The van der Waals surface area contributed by atoms with E-state index in [2.05, 4.69) is 4.98 Å². The number of benzene rings is 2. The highest BCUT2D eigenvalue weighted by molar-refractivity contribution is 7.18. The Kier molecular flexibility index (Phi) is 4.83. The second kappa shape index (κ2) is 7.44. The van der Waals surface area contributed by atoms with Gasteiger partial charge >= 0.3 is 11.6 Å². The average molecular weight is 395 g/mol. The number of esters is 1. The molecular formula is C21H17NO5S. The lowest BCUT2D eigenvalue weighted by atomic mass is 10.1. The molecular weight excluding hydrogens is 378 g/mol. The van der Waals surface area contributed by atoms with E-state index < -0.39 is 5.63 Å². The monoisotopic (exact) mass is 395 g/mol. The molecule has 0 aliphatic rings. The highest BCUT2D eigenvalue weighted by atomic mass is 32.1. The van der Waals surface area contributed by atoms with E-state index in [-0.39, 0.29) is 24.7 Å². The van der Waals surface area contributed by atoms with E-state index in [1.807, 2.05) is 24.3 Å². The second-order valence-electron chi connectivity index (χ2n) is 6.41. The summed E-state index contributed by atoms with van der Waals surface area (Å²) in [5.41, 5.74) is 1.69. The SMILES string of the molecule is Cc1c(O)ccc2c(COC(=O)CCc3nc4ccccc4s3)cc(=O)oc12. The number of fused-ring (bicyclic) bond motifs is 2. The van der Waals surface area contributed by atoms with Crippen LogP contribution in [-0.4, -0.2) is 16.1 Å². The number of para-hydroxylation sites is 1. The molecule has 4 rings (SSSR count). The lowest BCUT2D eigenvalue weighted by Gasteiger charge is -2.09. The first-order valence-electron chi connectivity index (χ1n) is 8.76. The van der Waals surface area contributed by atoms with Gasteiger partial charge in [0, 0.05) is 29.0 Å². The molecule has 2 heterocycles. The van der Waals surface area contributed by atoms with Crippen molar-refractivity contribution in [2.75, 3.05) is 0 Å². The third-order valence-corrected chi connectivity index (χ3v) is 5.58. The highest BCUT2D eigenvalue weighted by Gasteiger charge is 2.13. The van der Waals surface area contributed by atoms with Crippen LogP contribution in [0.25, 0.3) is 21.2 Å². The number of aromatic hydroxyl groups is 1. The Morgan fingerprint density at radius 1 is 1.25 bits per heavy atom.